The second-order valence-corrected chi connectivity index (χ2v) is 4.74. The zero-order chi connectivity index (χ0) is 13.6. The maximum absolute atomic E-state index is 12.2. The van der Waals surface area contributed by atoms with Gasteiger partial charge in [0.05, 0.1) is 0 Å². The van der Waals surface area contributed by atoms with Gasteiger partial charge in [-0.25, -0.2) is 0 Å². The number of benzene rings is 1. The summed E-state index contributed by atoms with van der Waals surface area (Å²) in [5.41, 5.74) is 9.39. The second kappa shape index (κ2) is 4.02. The first-order valence-corrected chi connectivity index (χ1v) is 6.09. The van der Waals surface area contributed by atoms with Crippen molar-refractivity contribution in [2.45, 2.75) is 0 Å². The summed E-state index contributed by atoms with van der Waals surface area (Å²) in [4.78, 5) is 12.2. The Morgan fingerprint density at radius 2 is 1.74 bits per heavy atom. The van der Waals surface area contributed by atoms with E-state index in [1.165, 1.54) is 0 Å². The number of aromatic nitrogens is 2. The fraction of sp³-hybridized carbons (Fsp3) is 0.133. The smallest absolute Gasteiger partial charge is 0.274 e. The lowest BCUT2D eigenvalue weighted by molar-refractivity contribution is 0.854. The number of aryl methyl sites for hydroxylation is 2. The number of para-hydroxylation sites is 1. The van der Waals surface area contributed by atoms with Crippen molar-refractivity contribution in [3.63, 3.8) is 0 Å². The zero-order valence-electron chi connectivity index (χ0n) is 10.9. The number of nitrogens with two attached hydrogens (primary N) is 1. The molecule has 0 fully saturated rings. The highest BCUT2D eigenvalue weighted by Crippen LogP contribution is 2.30. The Bertz CT molecular complexity index is 827. The predicted octanol–water partition coefficient (Wildman–Crippen LogP) is 2.13. The van der Waals surface area contributed by atoms with Crippen LogP contribution in [0.25, 0.3) is 22.0 Å². The van der Waals surface area contributed by atoms with Crippen LogP contribution in [0.5, 0.6) is 0 Å². The first-order chi connectivity index (χ1) is 9.09. The number of fused-ring (bicyclic) bond motifs is 1. The number of pyridine rings is 1. The fourth-order valence-corrected chi connectivity index (χ4v) is 2.46. The quantitative estimate of drug-likeness (QED) is 0.675. The van der Waals surface area contributed by atoms with Crippen molar-refractivity contribution >= 4 is 16.6 Å². The molecule has 4 heteroatoms. The van der Waals surface area contributed by atoms with Gasteiger partial charge in [0.2, 0.25) is 0 Å². The Kier molecular flexibility index (Phi) is 2.45. The van der Waals surface area contributed by atoms with Gasteiger partial charge in [-0.3, -0.25) is 4.79 Å². The van der Waals surface area contributed by atoms with Gasteiger partial charge in [-0.2, -0.15) is 0 Å². The summed E-state index contributed by atoms with van der Waals surface area (Å²) in [6.07, 6.45) is 3.74. The van der Waals surface area contributed by atoms with Gasteiger partial charge in [-0.1, -0.05) is 18.2 Å². The van der Waals surface area contributed by atoms with Crippen molar-refractivity contribution in [3.8, 4) is 11.1 Å². The minimum absolute atomic E-state index is 0.000697. The van der Waals surface area contributed by atoms with Crippen LogP contribution in [0, 0.1) is 0 Å². The number of nitrogens with zero attached hydrogens (tertiary/aromatic N) is 2. The molecule has 0 aliphatic rings. The topological polar surface area (TPSA) is 52.9 Å². The minimum Gasteiger partial charge on any atom is -0.398 e. The van der Waals surface area contributed by atoms with Crippen LogP contribution in [-0.4, -0.2) is 9.13 Å². The van der Waals surface area contributed by atoms with E-state index < -0.39 is 0 Å². The van der Waals surface area contributed by atoms with E-state index in [4.69, 9.17) is 5.73 Å². The monoisotopic (exact) mass is 253 g/mol. The molecule has 0 unspecified atom stereocenters. The van der Waals surface area contributed by atoms with Crippen LogP contribution in [0.3, 0.4) is 0 Å². The molecular weight excluding hydrogens is 238 g/mol. The summed E-state index contributed by atoms with van der Waals surface area (Å²) in [6, 6.07) is 9.66. The summed E-state index contributed by atoms with van der Waals surface area (Å²) in [5.74, 6) is 0. The van der Waals surface area contributed by atoms with E-state index in [2.05, 4.69) is 0 Å². The van der Waals surface area contributed by atoms with Gasteiger partial charge in [0.1, 0.15) is 5.52 Å². The molecule has 2 heterocycles. The lowest BCUT2D eigenvalue weighted by Crippen LogP contribution is -2.18. The SMILES string of the molecule is Cn1cc(-c2ccccc2N)c2ccn(C)c2c1=O. The third-order valence-corrected chi connectivity index (χ3v) is 3.46. The lowest BCUT2D eigenvalue weighted by atomic mass is 10.0. The number of nitrogen functional groups attached to an aromatic ring is 1. The van der Waals surface area contributed by atoms with Crippen molar-refractivity contribution in [1.29, 1.82) is 0 Å². The third kappa shape index (κ3) is 1.64. The lowest BCUT2D eigenvalue weighted by Gasteiger charge is -2.10. The maximum Gasteiger partial charge on any atom is 0.274 e. The van der Waals surface area contributed by atoms with Crippen LogP contribution in [0.15, 0.2) is 47.5 Å². The highest BCUT2D eigenvalue weighted by Gasteiger charge is 2.13. The first-order valence-electron chi connectivity index (χ1n) is 6.09. The minimum atomic E-state index is 0.000697. The molecule has 3 rings (SSSR count). The highest BCUT2D eigenvalue weighted by atomic mass is 16.1. The number of hydrogen-bond donors (Lipinski definition) is 1. The Morgan fingerprint density at radius 3 is 2.47 bits per heavy atom. The molecule has 2 aromatic heterocycles. The molecule has 0 bridgehead atoms. The molecule has 0 atom stereocenters. The van der Waals surface area contributed by atoms with E-state index in [0.717, 1.165) is 16.5 Å². The van der Waals surface area contributed by atoms with Crippen LogP contribution in [-0.2, 0) is 14.1 Å². The van der Waals surface area contributed by atoms with E-state index >= 15 is 0 Å². The molecule has 0 spiro atoms. The highest BCUT2D eigenvalue weighted by molar-refractivity contribution is 5.97. The van der Waals surface area contributed by atoms with Crippen LogP contribution in [0.4, 0.5) is 5.69 Å². The molecule has 2 N–H and O–H groups in total. The Hall–Kier alpha value is -2.49. The van der Waals surface area contributed by atoms with Gasteiger partial charge in [0, 0.05) is 48.7 Å². The van der Waals surface area contributed by atoms with Gasteiger partial charge < -0.3 is 14.9 Å². The first kappa shape index (κ1) is 11.6. The molecule has 0 aliphatic carbocycles. The van der Waals surface area contributed by atoms with E-state index in [1.807, 2.05) is 54.3 Å². The number of rotatable bonds is 1. The van der Waals surface area contributed by atoms with Crippen molar-refractivity contribution in [2.24, 2.45) is 14.1 Å². The van der Waals surface area contributed by atoms with Crippen LogP contribution < -0.4 is 11.3 Å². The van der Waals surface area contributed by atoms with Gasteiger partial charge in [-0.15, -0.1) is 0 Å². The molecular formula is C15H15N3O. The average molecular weight is 253 g/mol. The van der Waals surface area contributed by atoms with Crippen LogP contribution in [0.1, 0.15) is 0 Å². The molecule has 19 heavy (non-hydrogen) atoms. The van der Waals surface area contributed by atoms with E-state index in [0.29, 0.717) is 11.2 Å². The van der Waals surface area contributed by atoms with Gasteiger partial charge in [0.15, 0.2) is 0 Å². The second-order valence-electron chi connectivity index (χ2n) is 4.74. The zero-order valence-corrected chi connectivity index (χ0v) is 10.9. The molecule has 96 valence electrons. The molecule has 1 aromatic carbocycles. The average Bonchev–Trinajstić information content (AvgIpc) is 2.77. The molecule has 0 saturated heterocycles. The number of anilines is 1. The van der Waals surface area contributed by atoms with Crippen molar-refractivity contribution < 1.29 is 0 Å². The fourth-order valence-electron chi connectivity index (χ4n) is 2.46. The molecule has 0 radical (unpaired) electrons. The number of hydrogen-bond acceptors (Lipinski definition) is 2. The summed E-state index contributed by atoms with van der Waals surface area (Å²) >= 11 is 0. The summed E-state index contributed by atoms with van der Waals surface area (Å²) in [6.45, 7) is 0. The van der Waals surface area contributed by atoms with Crippen molar-refractivity contribution in [1.82, 2.24) is 9.13 Å². The predicted molar refractivity (Wildman–Crippen MR) is 78.0 cm³/mol. The normalized spacial score (nSPS) is 11.1. The largest absolute Gasteiger partial charge is 0.398 e. The summed E-state index contributed by atoms with van der Waals surface area (Å²) in [5, 5.41) is 0.934. The van der Waals surface area contributed by atoms with Gasteiger partial charge in [-0.05, 0) is 12.1 Å². The Morgan fingerprint density at radius 1 is 1.00 bits per heavy atom. The standard InChI is InChI=1S/C15H15N3O/c1-17-8-7-11-12(9-18(2)15(19)14(11)17)10-5-3-4-6-13(10)16/h3-9H,16H2,1-2H3. The molecule has 3 aromatic rings. The van der Waals surface area contributed by atoms with Crippen LogP contribution in [0.2, 0.25) is 0 Å². The van der Waals surface area contributed by atoms with Crippen molar-refractivity contribution in [2.75, 3.05) is 5.73 Å². The van der Waals surface area contributed by atoms with Gasteiger partial charge in [0.25, 0.3) is 5.56 Å². The van der Waals surface area contributed by atoms with E-state index in [9.17, 15) is 4.79 Å². The van der Waals surface area contributed by atoms with Crippen LogP contribution >= 0.6 is 0 Å². The molecule has 0 saturated carbocycles. The molecule has 0 amide bonds. The van der Waals surface area contributed by atoms with E-state index in [-0.39, 0.29) is 5.56 Å². The van der Waals surface area contributed by atoms with Gasteiger partial charge >= 0.3 is 0 Å². The van der Waals surface area contributed by atoms with Crippen molar-refractivity contribution in [3.05, 3.63) is 53.1 Å². The summed E-state index contributed by atoms with van der Waals surface area (Å²) < 4.78 is 3.45. The van der Waals surface area contributed by atoms with E-state index in [1.54, 1.807) is 11.6 Å². The Labute approximate surface area is 110 Å². The molecule has 0 aliphatic heterocycles. The third-order valence-electron chi connectivity index (χ3n) is 3.46. The maximum atomic E-state index is 12.2. The summed E-state index contributed by atoms with van der Waals surface area (Å²) in [7, 11) is 3.64. The molecule has 4 nitrogen and oxygen atoms in total. The Balaban J connectivity index is 2.47.